The van der Waals surface area contributed by atoms with Crippen LogP contribution in [0.15, 0.2) is 48.5 Å². The Kier molecular flexibility index (Phi) is 2.80. The standard InChI is InChI=1S/C16H10N2O5/c19-16-14(10-4-2-1-3-5-10)17(20)18(21)15(16)11-6-7-12-13(8-11)23-9-22-12/h1-8H,9H2. The largest absolute Gasteiger partial charge is 0.561 e. The van der Waals surface area contributed by atoms with Gasteiger partial charge in [-0.2, -0.15) is 0 Å². The van der Waals surface area contributed by atoms with Crippen molar-refractivity contribution in [3.05, 3.63) is 70.1 Å². The molecule has 7 heteroatoms. The number of hydrazone groups is 2. The minimum Gasteiger partial charge on any atom is -0.561 e. The summed E-state index contributed by atoms with van der Waals surface area (Å²) < 4.78 is 10.4. The average molecular weight is 310 g/mol. The van der Waals surface area contributed by atoms with Crippen molar-refractivity contribution in [1.29, 1.82) is 0 Å². The van der Waals surface area contributed by atoms with Crippen LogP contribution in [-0.4, -0.2) is 33.7 Å². The van der Waals surface area contributed by atoms with Crippen LogP contribution in [0.5, 0.6) is 11.5 Å². The fraction of sp³-hybridized carbons (Fsp3) is 0.0625. The molecule has 0 N–H and O–H groups in total. The smallest absolute Gasteiger partial charge is 0.349 e. The van der Waals surface area contributed by atoms with Gasteiger partial charge in [-0.3, -0.25) is 4.79 Å². The van der Waals surface area contributed by atoms with Crippen LogP contribution < -0.4 is 9.47 Å². The predicted molar refractivity (Wildman–Crippen MR) is 79.5 cm³/mol. The quantitative estimate of drug-likeness (QED) is 0.614. The summed E-state index contributed by atoms with van der Waals surface area (Å²) >= 11 is 0. The first-order valence-corrected chi connectivity index (χ1v) is 6.85. The summed E-state index contributed by atoms with van der Waals surface area (Å²) in [6, 6.07) is 13.0. The van der Waals surface area contributed by atoms with Crippen molar-refractivity contribution in [2.75, 3.05) is 6.79 Å². The van der Waals surface area contributed by atoms with Crippen molar-refractivity contribution >= 4 is 17.2 Å². The minimum absolute atomic E-state index is 0.0577. The van der Waals surface area contributed by atoms with E-state index in [9.17, 15) is 15.2 Å². The van der Waals surface area contributed by atoms with Crippen molar-refractivity contribution in [2.24, 2.45) is 0 Å². The van der Waals surface area contributed by atoms with E-state index in [1.165, 1.54) is 6.07 Å². The minimum atomic E-state index is -0.625. The Morgan fingerprint density at radius 2 is 1.48 bits per heavy atom. The van der Waals surface area contributed by atoms with Gasteiger partial charge in [0, 0.05) is 0 Å². The van der Waals surface area contributed by atoms with Gasteiger partial charge in [0.05, 0.1) is 20.8 Å². The van der Waals surface area contributed by atoms with E-state index in [4.69, 9.17) is 9.47 Å². The number of carbonyl (C=O) groups is 1. The van der Waals surface area contributed by atoms with Crippen molar-refractivity contribution in [2.45, 2.75) is 0 Å². The van der Waals surface area contributed by atoms with Gasteiger partial charge in [0.2, 0.25) is 6.79 Å². The number of benzene rings is 2. The lowest BCUT2D eigenvalue weighted by atomic mass is 9.99. The van der Waals surface area contributed by atoms with Crippen LogP contribution in [0, 0.1) is 10.4 Å². The normalized spacial score (nSPS) is 16.4. The third-order valence-corrected chi connectivity index (χ3v) is 3.67. The second-order valence-electron chi connectivity index (χ2n) is 5.01. The second-order valence-corrected chi connectivity index (χ2v) is 5.01. The summed E-state index contributed by atoms with van der Waals surface area (Å²) in [4.78, 5) is 12.7. The van der Waals surface area contributed by atoms with Crippen LogP contribution >= 0.6 is 0 Å². The maximum atomic E-state index is 12.6. The number of carbonyl (C=O) groups excluding carboxylic acids is 1. The number of fused-ring (bicyclic) bond motifs is 1. The topological polar surface area (TPSA) is 87.7 Å². The summed E-state index contributed by atoms with van der Waals surface area (Å²) in [5, 5.41) is 24.3. The molecule has 0 spiro atoms. The predicted octanol–water partition coefficient (Wildman–Crippen LogP) is 1.21. The Morgan fingerprint density at radius 3 is 2.22 bits per heavy atom. The summed E-state index contributed by atoms with van der Waals surface area (Å²) in [5.41, 5.74) is 0.260. The van der Waals surface area contributed by atoms with Crippen LogP contribution in [0.25, 0.3) is 0 Å². The van der Waals surface area contributed by atoms with Crippen molar-refractivity contribution < 1.29 is 24.0 Å². The molecule has 2 aromatic rings. The Balaban J connectivity index is 1.79. The van der Waals surface area contributed by atoms with Crippen molar-refractivity contribution in [3.63, 3.8) is 0 Å². The van der Waals surface area contributed by atoms with Crippen molar-refractivity contribution in [1.82, 2.24) is 0 Å². The summed E-state index contributed by atoms with van der Waals surface area (Å²) in [7, 11) is 0. The molecule has 0 atom stereocenters. The van der Waals surface area contributed by atoms with Gasteiger partial charge in [0.25, 0.3) is 0 Å². The number of hydrogen-bond donors (Lipinski definition) is 0. The van der Waals surface area contributed by atoms with E-state index in [0.717, 1.165) is 0 Å². The zero-order valence-electron chi connectivity index (χ0n) is 11.8. The molecular formula is C16H10N2O5. The van der Waals surface area contributed by atoms with Gasteiger partial charge in [-0.25, -0.2) is 0 Å². The van der Waals surface area contributed by atoms with Crippen molar-refractivity contribution in [3.8, 4) is 11.5 Å². The zero-order chi connectivity index (χ0) is 16.0. The van der Waals surface area contributed by atoms with Gasteiger partial charge < -0.3 is 19.9 Å². The monoisotopic (exact) mass is 310 g/mol. The number of nitrogens with zero attached hydrogens (tertiary/aromatic N) is 2. The lowest BCUT2D eigenvalue weighted by Gasteiger charge is -1.99. The Bertz CT molecular complexity index is 887. The highest BCUT2D eigenvalue weighted by atomic mass is 16.7. The molecular weight excluding hydrogens is 300 g/mol. The third-order valence-electron chi connectivity index (χ3n) is 3.67. The summed E-state index contributed by atoms with van der Waals surface area (Å²) in [6.45, 7) is 0.0816. The van der Waals surface area contributed by atoms with E-state index < -0.39 is 5.78 Å². The molecule has 0 radical (unpaired) electrons. The molecule has 7 nitrogen and oxygen atoms in total. The van der Waals surface area contributed by atoms with E-state index in [1.54, 1.807) is 42.5 Å². The fourth-order valence-electron chi connectivity index (χ4n) is 2.59. The van der Waals surface area contributed by atoms with E-state index in [0.29, 0.717) is 22.6 Å². The molecule has 114 valence electrons. The Morgan fingerprint density at radius 1 is 0.826 bits per heavy atom. The first-order chi connectivity index (χ1) is 11.2. The molecule has 0 unspecified atom stereocenters. The molecule has 23 heavy (non-hydrogen) atoms. The number of hydrazine groups is 1. The summed E-state index contributed by atoms with van der Waals surface area (Å²) in [6.07, 6.45) is 0. The van der Waals surface area contributed by atoms with Gasteiger partial charge >= 0.3 is 17.2 Å². The van der Waals surface area contributed by atoms with Crippen LogP contribution in [0.4, 0.5) is 0 Å². The molecule has 2 heterocycles. The third kappa shape index (κ3) is 1.94. The molecule has 2 aliphatic rings. The van der Waals surface area contributed by atoms with Crippen LogP contribution in [0.2, 0.25) is 0 Å². The van der Waals surface area contributed by atoms with E-state index in [1.807, 2.05) is 0 Å². The van der Waals surface area contributed by atoms with Gasteiger partial charge in [-0.05, 0) is 30.3 Å². The molecule has 0 aliphatic carbocycles. The highest BCUT2D eigenvalue weighted by Crippen LogP contribution is 2.33. The molecule has 0 bridgehead atoms. The number of ketones is 1. The summed E-state index contributed by atoms with van der Waals surface area (Å²) in [5.74, 6) is 0.338. The Labute approximate surface area is 130 Å². The maximum absolute atomic E-state index is 12.6. The second kappa shape index (κ2) is 4.84. The van der Waals surface area contributed by atoms with Crippen LogP contribution in [0.1, 0.15) is 11.1 Å². The van der Waals surface area contributed by atoms with Gasteiger partial charge in [-0.1, -0.05) is 18.2 Å². The van der Waals surface area contributed by atoms with Gasteiger partial charge in [0.1, 0.15) is 0 Å². The number of rotatable bonds is 2. The first kappa shape index (κ1) is 13.3. The molecule has 0 fully saturated rings. The number of Topliss-reactive ketones (excluding diaryl/α,β-unsaturated/α-hetero) is 1. The fourth-order valence-corrected chi connectivity index (χ4v) is 2.59. The SMILES string of the molecule is O=C1C(c2ccccc2)=[N+]([O-])[N+]([O-])=C1c1ccc2c(c1)OCO2. The molecule has 0 amide bonds. The van der Waals surface area contributed by atoms with Gasteiger partial charge in [0.15, 0.2) is 11.5 Å². The maximum Gasteiger partial charge on any atom is 0.349 e. The molecule has 2 aliphatic heterocycles. The van der Waals surface area contributed by atoms with E-state index >= 15 is 0 Å². The molecule has 4 rings (SSSR count). The van der Waals surface area contributed by atoms with E-state index in [2.05, 4.69) is 0 Å². The lowest BCUT2D eigenvalue weighted by Crippen LogP contribution is -2.23. The molecule has 0 aromatic heterocycles. The number of hydrogen-bond acceptors (Lipinski definition) is 5. The van der Waals surface area contributed by atoms with Crippen LogP contribution in [-0.2, 0) is 4.79 Å². The number of ether oxygens (including phenoxy) is 2. The molecule has 0 saturated carbocycles. The average Bonchev–Trinajstić information content (AvgIpc) is 3.11. The molecule has 2 aromatic carbocycles. The highest BCUT2D eigenvalue weighted by Gasteiger charge is 2.46. The lowest BCUT2D eigenvalue weighted by molar-refractivity contribution is -1.05. The zero-order valence-corrected chi connectivity index (χ0v) is 11.8. The van der Waals surface area contributed by atoms with E-state index in [-0.39, 0.29) is 27.9 Å². The highest BCUT2D eigenvalue weighted by molar-refractivity contribution is 6.70. The Hall–Kier alpha value is -3.35. The van der Waals surface area contributed by atoms with Crippen LogP contribution in [0.3, 0.4) is 0 Å². The molecule has 0 saturated heterocycles. The van der Waals surface area contributed by atoms with Gasteiger partial charge in [-0.15, -0.1) is 0 Å². The first-order valence-electron chi connectivity index (χ1n) is 6.85.